The van der Waals surface area contributed by atoms with Gasteiger partial charge in [-0.25, -0.2) is 0 Å². The zero-order chi connectivity index (χ0) is 14.0. The van der Waals surface area contributed by atoms with Crippen LogP contribution in [-0.4, -0.2) is 34.0 Å². The Morgan fingerprint density at radius 2 is 2.21 bits per heavy atom. The Hall–Kier alpha value is -1.62. The van der Waals surface area contributed by atoms with Crippen LogP contribution in [0, 0.1) is 5.92 Å². The molecule has 1 saturated carbocycles. The molecule has 1 fully saturated rings. The molecule has 2 atom stereocenters. The molecule has 2 unspecified atom stereocenters. The van der Waals surface area contributed by atoms with Crippen LogP contribution < -0.4 is 5.32 Å². The van der Waals surface area contributed by atoms with Gasteiger partial charge in [-0.2, -0.15) is 0 Å². The molecule has 1 aromatic rings. The Labute approximate surface area is 112 Å². The first-order chi connectivity index (χ1) is 8.97. The van der Waals surface area contributed by atoms with Crippen LogP contribution in [0.3, 0.4) is 0 Å². The molecular weight excluding hydrogens is 244 g/mol. The highest BCUT2D eigenvalue weighted by atomic mass is 16.3. The third kappa shape index (κ3) is 3.23. The quantitative estimate of drug-likeness (QED) is 0.800. The van der Waals surface area contributed by atoms with Gasteiger partial charge in [0.1, 0.15) is 5.69 Å². The minimum absolute atomic E-state index is 0.0476. The number of aryl methyl sites for hydroxylation is 1. The molecule has 1 heterocycles. The van der Waals surface area contributed by atoms with Crippen molar-refractivity contribution >= 4 is 11.7 Å². The fraction of sp³-hybridized carbons (Fsp3) is 0.571. The second-order valence-electron chi connectivity index (χ2n) is 5.32. The lowest BCUT2D eigenvalue weighted by molar-refractivity contribution is 0.0936. The first kappa shape index (κ1) is 13.8. The molecule has 1 aliphatic rings. The Morgan fingerprint density at radius 1 is 1.47 bits per heavy atom. The van der Waals surface area contributed by atoms with Gasteiger partial charge in [-0.05, 0) is 38.2 Å². The molecule has 0 saturated heterocycles. The number of ketones is 1. The SMILES string of the molecule is CC(=O)c1cc(C(=O)NCC2CCC(O)C2)n(C)c1. The van der Waals surface area contributed by atoms with Crippen LogP contribution >= 0.6 is 0 Å². The summed E-state index contributed by atoms with van der Waals surface area (Å²) in [5, 5.41) is 12.3. The van der Waals surface area contributed by atoms with Crippen LogP contribution in [-0.2, 0) is 7.05 Å². The molecule has 0 aliphatic heterocycles. The van der Waals surface area contributed by atoms with E-state index >= 15 is 0 Å². The smallest absolute Gasteiger partial charge is 0.267 e. The third-order valence-corrected chi connectivity index (χ3v) is 3.71. The maximum Gasteiger partial charge on any atom is 0.267 e. The molecule has 0 spiro atoms. The molecule has 19 heavy (non-hydrogen) atoms. The average Bonchev–Trinajstić information content (AvgIpc) is 2.92. The first-order valence-corrected chi connectivity index (χ1v) is 6.61. The van der Waals surface area contributed by atoms with Crippen LogP contribution in [0.4, 0.5) is 0 Å². The number of rotatable bonds is 4. The van der Waals surface area contributed by atoms with Crippen molar-refractivity contribution < 1.29 is 14.7 Å². The number of carbonyl (C=O) groups is 2. The lowest BCUT2D eigenvalue weighted by atomic mass is 10.1. The second-order valence-corrected chi connectivity index (χ2v) is 5.32. The van der Waals surface area contributed by atoms with Crippen molar-refractivity contribution in [2.45, 2.75) is 32.3 Å². The van der Waals surface area contributed by atoms with Crippen LogP contribution in [0.1, 0.15) is 47.0 Å². The van der Waals surface area contributed by atoms with Gasteiger partial charge in [-0.3, -0.25) is 9.59 Å². The van der Waals surface area contributed by atoms with Crippen molar-refractivity contribution in [3.05, 3.63) is 23.5 Å². The standard InChI is InChI=1S/C14H20N2O3/c1-9(17)11-6-13(16(2)8-11)14(19)15-7-10-3-4-12(18)5-10/h6,8,10,12,18H,3-5,7H2,1-2H3,(H,15,19). The molecule has 1 aromatic heterocycles. The highest BCUT2D eigenvalue weighted by molar-refractivity contribution is 5.99. The van der Waals surface area contributed by atoms with E-state index in [1.54, 1.807) is 23.9 Å². The van der Waals surface area contributed by atoms with Gasteiger partial charge in [0.25, 0.3) is 5.91 Å². The number of aliphatic hydroxyl groups is 1. The molecule has 1 aliphatic carbocycles. The number of amides is 1. The number of nitrogens with one attached hydrogen (secondary N) is 1. The van der Waals surface area contributed by atoms with Gasteiger partial charge in [0.15, 0.2) is 5.78 Å². The number of nitrogens with zero attached hydrogens (tertiary/aromatic N) is 1. The van der Waals surface area contributed by atoms with E-state index in [4.69, 9.17) is 0 Å². The van der Waals surface area contributed by atoms with E-state index in [1.807, 2.05) is 0 Å². The zero-order valence-electron chi connectivity index (χ0n) is 11.3. The van der Waals surface area contributed by atoms with Gasteiger partial charge in [-0.15, -0.1) is 0 Å². The van der Waals surface area contributed by atoms with E-state index in [0.29, 0.717) is 23.7 Å². The van der Waals surface area contributed by atoms with Crippen molar-refractivity contribution in [3.63, 3.8) is 0 Å². The van der Waals surface area contributed by atoms with E-state index in [0.717, 1.165) is 19.3 Å². The minimum Gasteiger partial charge on any atom is -0.393 e. The van der Waals surface area contributed by atoms with Crippen molar-refractivity contribution in [2.75, 3.05) is 6.54 Å². The summed E-state index contributed by atoms with van der Waals surface area (Å²) in [6, 6.07) is 1.61. The summed E-state index contributed by atoms with van der Waals surface area (Å²) >= 11 is 0. The van der Waals surface area contributed by atoms with Crippen LogP contribution in [0.25, 0.3) is 0 Å². The Morgan fingerprint density at radius 3 is 2.74 bits per heavy atom. The van der Waals surface area contributed by atoms with E-state index in [-0.39, 0.29) is 17.8 Å². The molecule has 5 nitrogen and oxygen atoms in total. The third-order valence-electron chi connectivity index (χ3n) is 3.71. The summed E-state index contributed by atoms with van der Waals surface area (Å²) in [6.07, 6.45) is 3.97. The minimum atomic E-state index is -0.221. The zero-order valence-corrected chi connectivity index (χ0v) is 11.3. The fourth-order valence-corrected chi connectivity index (χ4v) is 2.54. The maximum absolute atomic E-state index is 12.0. The topological polar surface area (TPSA) is 71.3 Å². The Balaban J connectivity index is 1.94. The van der Waals surface area contributed by atoms with Crippen LogP contribution in [0.15, 0.2) is 12.3 Å². The molecule has 0 aromatic carbocycles. The summed E-state index contributed by atoms with van der Waals surface area (Å²) in [6.45, 7) is 2.06. The summed E-state index contributed by atoms with van der Waals surface area (Å²) in [7, 11) is 1.75. The fourth-order valence-electron chi connectivity index (χ4n) is 2.54. The summed E-state index contributed by atoms with van der Waals surface area (Å²) in [5.74, 6) is 0.136. The number of aromatic nitrogens is 1. The number of aliphatic hydroxyl groups excluding tert-OH is 1. The second kappa shape index (κ2) is 5.57. The number of carbonyl (C=O) groups excluding carboxylic acids is 2. The van der Waals surface area contributed by atoms with Gasteiger partial charge in [0.05, 0.1) is 6.10 Å². The van der Waals surface area contributed by atoms with Gasteiger partial charge in [-0.1, -0.05) is 0 Å². The van der Waals surface area contributed by atoms with Crippen LogP contribution in [0.2, 0.25) is 0 Å². The Kier molecular flexibility index (Phi) is 4.04. The predicted molar refractivity (Wildman–Crippen MR) is 71.1 cm³/mol. The van der Waals surface area contributed by atoms with Crippen molar-refractivity contribution in [2.24, 2.45) is 13.0 Å². The molecule has 0 bridgehead atoms. The van der Waals surface area contributed by atoms with Gasteiger partial charge >= 0.3 is 0 Å². The van der Waals surface area contributed by atoms with Gasteiger partial charge < -0.3 is 15.0 Å². The van der Waals surface area contributed by atoms with E-state index in [1.165, 1.54) is 6.92 Å². The summed E-state index contributed by atoms with van der Waals surface area (Å²) in [4.78, 5) is 23.3. The maximum atomic E-state index is 12.0. The highest BCUT2D eigenvalue weighted by Gasteiger charge is 2.23. The lowest BCUT2D eigenvalue weighted by Crippen LogP contribution is -2.29. The summed E-state index contributed by atoms with van der Waals surface area (Å²) < 4.78 is 1.66. The van der Waals surface area contributed by atoms with Crippen molar-refractivity contribution in [1.29, 1.82) is 0 Å². The van der Waals surface area contributed by atoms with Crippen LogP contribution in [0.5, 0.6) is 0 Å². The Bertz CT molecular complexity index is 493. The molecule has 5 heteroatoms. The summed E-state index contributed by atoms with van der Waals surface area (Å²) in [5.41, 5.74) is 1.03. The molecule has 0 radical (unpaired) electrons. The van der Waals surface area contributed by atoms with E-state index in [2.05, 4.69) is 5.32 Å². The van der Waals surface area contributed by atoms with Gasteiger partial charge in [0.2, 0.25) is 0 Å². The number of Topliss-reactive ketones (excluding diaryl/α,β-unsaturated/α-hetero) is 1. The van der Waals surface area contributed by atoms with E-state index in [9.17, 15) is 14.7 Å². The highest BCUT2D eigenvalue weighted by Crippen LogP contribution is 2.24. The lowest BCUT2D eigenvalue weighted by Gasteiger charge is -2.11. The largest absolute Gasteiger partial charge is 0.393 e. The van der Waals surface area contributed by atoms with Crippen molar-refractivity contribution in [1.82, 2.24) is 9.88 Å². The number of hydrogen-bond donors (Lipinski definition) is 2. The monoisotopic (exact) mass is 264 g/mol. The number of hydrogen-bond acceptors (Lipinski definition) is 3. The average molecular weight is 264 g/mol. The molecular formula is C14H20N2O3. The molecule has 2 rings (SSSR count). The normalized spacial score (nSPS) is 22.5. The van der Waals surface area contributed by atoms with Gasteiger partial charge in [0, 0.05) is 25.4 Å². The molecule has 104 valence electrons. The molecule has 2 N–H and O–H groups in total. The molecule has 1 amide bonds. The first-order valence-electron chi connectivity index (χ1n) is 6.61. The van der Waals surface area contributed by atoms with E-state index < -0.39 is 0 Å². The van der Waals surface area contributed by atoms with Crippen molar-refractivity contribution in [3.8, 4) is 0 Å². The predicted octanol–water partition coefficient (Wildman–Crippen LogP) is 1.12.